The molecule has 0 amide bonds. The molecule has 0 saturated carbocycles. The van der Waals surface area contributed by atoms with E-state index in [2.05, 4.69) is 21.3 Å². The van der Waals surface area contributed by atoms with Crippen LogP contribution in [0.1, 0.15) is 18.7 Å². The second-order valence-electron chi connectivity index (χ2n) is 2.25. The quantitative estimate of drug-likeness (QED) is 0.455. The Hall–Kier alpha value is -1.37. The van der Waals surface area contributed by atoms with Crippen LogP contribution in [0.25, 0.3) is 0 Å². The first-order valence-electron chi connectivity index (χ1n) is 3.49. The van der Waals surface area contributed by atoms with E-state index in [4.69, 9.17) is 6.42 Å². The summed E-state index contributed by atoms with van der Waals surface area (Å²) >= 11 is 0. The van der Waals surface area contributed by atoms with Gasteiger partial charge in [-0.2, -0.15) is 4.80 Å². The van der Waals surface area contributed by atoms with Crippen LogP contribution in [0, 0.1) is 12.3 Å². The minimum Gasteiger partial charge on any atom is -0.167 e. The van der Waals surface area contributed by atoms with Gasteiger partial charge in [0.05, 0.1) is 7.05 Å². The molecule has 0 aliphatic carbocycles. The summed E-state index contributed by atoms with van der Waals surface area (Å²) in [7, 11) is 1.75. The van der Waals surface area contributed by atoms with Crippen molar-refractivity contribution in [2.45, 2.75) is 19.3 Å². The largest absolute Gasteiger partial charge is 0.174 e. The van der Waals surface area contributed by atoms with Gasteiger partial charge in [0.1, 0.15) is 0 Å². The van der Waals surface area contributed by atoms with Crippen molar-refractivity contribution in [2.24, 2.45) is 7.05 Å². The van der Waals surface area contributed by atoms with Crippen molar-refractivity contribution in [3.05, 3.63) is 5.82 Å². The van der Waals surface area contributed by atoms with Gasteiger partial charge in [0.15, 0.2) is 5.82 Å². The van der Waals surface area contributed by atoms with Crippen LogP contribution in [-0.4, -0.2) is 20.2 Å². The summed E-state index contributed by atoms with van der Waals surface area (Å²) < 4.78 is 0. The lowest BCUT2D eigenvalue weighted by molar-refractivity contribution is 0.626. The lowest BCUT2D eigenvalue weighted by Gasteiger charge is -1.87. The van der Waals surface area contributed by atoms with Crippen molar-refractivity contribution in [1.82, 2.24) is 20.2 Å². The molecule has 0 spiro atoms. The average Bonchev–Trinajstić information content (AvgIpc) is 2.37. The van der Waals surface area contributed by atoms with Gasteiger partial charge in [-0.1, -0.05) is 0 Å². The number of unbranched alkanes of at least 4 members (excludes halogenated alkanes) is 1. The number of hydrogen-bond donors (Lipinski definition) is 0. The van der Waals surface area contributed by atoms with Crippen molar-refractivity contribution < 1.29 is 0 Å². The zero-order valence-corrected chi connectivity index (χ0v) is 6.49. The van der Waals surface area contributed by atoms with Crippen LogP contribution in [0.4, 0.5) is 0 Å². The summed E-state index contributed by atoms with van der Waals surface area (Å²) in [5.74, 6) is 3.33. The second kappa shape index (κ2) is 3.71. The van der Waals surface area contributed by atoms with E-state index >= 15 is 0 Å². The molecule has 0 aliphatic rings. The molecule has 0 saturated heterocycles. The first kappa shape index (κ1) is 7.73. The Kier molecular flexibility index (Phi) is 2.61. The van der Waals surface area contributed by atoms with E-state index in [1.165, 1.54) is 4.80 Å². The minimum atomic E-state index is 0.766. The van der Waals surface area contributed by atoms with E-state index in [0.717, 1.165) is 25.1 Å². The van der Waals surface area contributed by atoms with E-state index in [1.54, 1.807) is 7.05 Å². The van der Waals surface area contributed by atoms with Gasteiger partial charge in [-0.15, -0.1) is 22.5 Å². The molecule has 1 rings (SSSR count). The van der Waals surface area contributed by atoms with Crippen molar-refractivity contribution in [2.75, 3.05) is 0 Å². The molecule has 58 valence electrons. The number of rotatable bonds is 3. The molecule has 1 aromatic heterocycles. The van der Waals surface area contributed by atoms with Gasteiger partial charge in [0, 0.05) is 12.8 Å². The monoisotopic (exact) mass is 150 g/mol. The Labute approximate surface area is 65.6 Å². The van der Waals surface area contributed by atoms with Crippen LogP contribution in [0.2, 0.25) is 0 Å². The first-order valence-corrected chi connectivity index (χ1v) is 3.49. The van der Waals surface area contributed by atoms with Gasteiger partial charge in [-0.25, -0.2) is 0 Å². The van der Waals surface area contributed by atoms with Gasteiger partial charge < -0.3 is 0 Å². The van der Waals surface area contributed by atoms with Gasteiger partial charge in [0.25, 0.3) is 0 Å². The van der Waals surface area contributed by atoms with E-state index in [0.29, 0.717) is 0 Å². The molecule has 0 aliphatic heterocycles. The molecule has 0 atom stereocenters. The van der Waals surface area contributed by atoms with E-state index in [-0.39, 0.29) is 0 Å². The zero-order chi connectivity index (χ0) is 8.10. The predicted octanol–water partition coefficient (Wildman–Crippen LogP) is 0.166. The normalized spacial score (nSPS) is 9.45. The van der Waals surface area contributed by atoms with Gasteiger partial charge >= 0.3 is 0 Å². The fraction of sp³-hybridized carbons (Fsp3) is 0.571. The van der Waals surface area contributed by atoms with Gasteiger partial charge in [-0.05, 0) is 11.6 Å². The average molecular weight is 150 g/mol. The molecule has 4 nitrogen and oxygen atoms in total. The SMILES string of the molecule is C#CCCCc1nnn(C)n1. The van der Waals surface area contributed by atoms with E-state index in [1.807, 2.05) is 0 Å². The number of aryl methyl sites for hydroxylation is 2. The van der Waals surface area contributed by atoms with Crippen molar-refractivity contribution in [3.8, 4) is 12.3 Å². The first-order chi connectivity index (χ1) is 5.33. The molecule has 0 unspecified atom stereocenters. The van der Waals surface area contributed by atoms with E-state index < -0.39 is 0 Å². The fourth-order valence-corrected chi connectivity index (χ4v) is 0.772. The summed E-state index contributed by atoms with van der Waals surface area (Å²) in [5.41, 5.74) is 0. The van der Waals surface area contributed by atoms with Crippen LogP contribution in [0.3, 0.4) is 0 Å². The highest BCUT2D eigenvalue weighted by Gasteiger charge is 1.97. The molecule has 0 N–H and O–H groups in total. The molecule has 11 heavy (non-hydrogen) atoms. The number of tetrazole rings is 1. The maximum Gasteiger partial charge on any atom is 0.174 e. The molecule has 1 heterocycles. The van der Waals surface area contributed by atoms with Crippen molar-refractivity contribution in [3.63, 3.8) is 0 Å². The van der Waals surface area contributed by atoms with Gasteiger partial charge in [-0.3, -0.25) is 0 Å². The molecule has 0 aromatic carbocycles. The third kappa shape index (κ3) is 2.38. The van der Waals surface area contributed by atoms with E-state index in [9.17, 15) is 0 Å². The lowest BCUT2D eigenvalue weighted by atomic mass is 10.2. The van der Waals surface area contributed by atoms with Crippen molar-refractivity contribution in [1.29, 1.82) is 0 Å². The maximum atomic E-state index is 5.09. The summed E-state index contributed by atoms with van der Waals surface area (Å²) in [6, 6.07) is 0. The highest BCUT2D eigenvalue weighted by atomic mass is 15.6. The number of terminal acetylenes is 1. The number of hydrogen-bond acceptors (Lipinski definition) is 3. The topological polar surface area (TPSA) is 43.6 Å². The molecule has 0 bridgehead atoms. The Morgan fingerprint density at radius 1 is 1.64 bits per heavy atom. The zero-order valence-electron chi connectivity index (χ0n) is 6.49. The highest BCUT2D eigenvalue weighted by Crippen LogP contribution is 1.95. The summed E-state index contributed by atoms with van der Waals surface area (Å²) in [6.45, 7) is 0. The predicted molar refractivity (Wildman–Crippen MR) is 40.6 cm³/mol. The Morgan fingerprint density at radius 3 is 3.00 bits per heavy atom. The smallest absolute Gasteiger partial charge is 0.167 e. The van der Waals surface area contributed by atoms with Crippen LogP contribution >= 0.6 is 0 Å². The van der Waals surface area contributed by atoms with Crippen LogP contribution in [0.5, 0.6) is 0 Å². The number of aromatic nitrogens is 4. The van der Waals surface area contributed by atoms with Crippen LogP contribution in [-0.2, 0) is 13.5 Å². The molecular weight excluding hydrogens is 140 g/mol. The fourth-order valence-electron chi connectivity index (χ4n) is 0.772. The molecule has 0 fully saturated rings. The Morgan fingerprint density at radius 2 is 2.45 bits per heavy atom. The molecule has 1 aromatic rings. The lowest BCUT2D eigenvalue weighted by Crippen LogP contribution is -1.93. The van der Waals surface area contributed by atoms with Crippen molar-refractivity contribution >= 4 is 0 Å². The maximum absolute atomic E-state index is 5.09. The standard InChI is InChI=1S/C7H10N4/c1-3-4-5-6-7-8-10-11(2)9-7/h1H,4-6H2,2H3. The Bertz CT molecular complexity index is 258. The number of nitrogens with zero attached hydrogens (tertiary/aromatic N) is 4. The molecular formula is C7H10N4. The van der Waals surface area contributed by atoms with Crippen LogP contribution < -0.4 is 0 Å². The van der Waals surface area contributed by atoms with Crippen LogP contribution in [0.15, 0.2) is 0 Å². The summed E-state index contributed by atoms with van der Waals surface area (Å²) in [5, 5.41) is 11.5. The minimum absolute atomic E-state index is 0.766. The third-order valence-electron chi connectivity index (χ3n) is 1.27. The highest BCUT2D eigenvalue weighted by molar-refractivity contribution is 4.86. The summed E-state index contributed by atoms with van der Waals surface area (Å²) in [4.78, 5) is 1.45. The Balaban J connectivity index is 2.34. The second-order valence-corrected chi connectivity index (χ2v) is 2.25. The summed E-state index contributed by atoms with van der Waals surface area (Å²) in [6.07, 6.45) is 7.61. The molecule has 0 radical (unpaired) electrons. The molecule has 4 heteroatoms. The third-order valence-corrected chi connectivity index (χ3v) is 1.27. The van der Waals surface area contributed by atoms with Gasteiger partial charge in [0.2, 0.25) is 0 Å².